The van der Waals surface area contributed by atoms with Crippen LogP contribution in [-0.4, -0.2) is 12.8 Å². The molecule has 0 amide bonds. The molecule has 0 spiro atoms. The van der Waals surface area contributed by atoms with E-state index in [-0.39, 0.29) is 0 Å². The second kappa shape index (κ2) is 7.37. The summed E-state index contributed by atoms with van der Waals surface area (Å²) in [7, 11) is 0. The molecule has 0 aromatic heterocycles. The van der Waals surface area contributed by atoms with Gasteiger partial charge in [-0.3, -0.25) is 0 Å². The Hall–Kier alpha value is 0.257. The Morgan fingerprint density at radius 2 is 2.20 bits per heavy atom. The van der Waals surface area contributed by atoms with Crippen LogP contribution < -0.4 is 0 Å². The molecule has 0 rings (SSSR count). The third-order valence-electron chi connectivity index (χ3n) is 1.04. The first kappa shape index (κ1) is 10.3. The van der Waals surface area contributed by atoms with Crippen LogP contribution in [0, 0.1) is 28.0 Å². The SMILES string of the molecule is CCCCCOC(=O)[O][Pu]. The van der Waals surface area contributed by atoms with E-state index >= 15 is 0 Å². The van der Waals surface area contributed by atoms with Crippen LogP contribution >= 0.6 is 0 Å². The van der Waals surface area contributed by atoms with Crippen LogP contribution in [0.25, 0.3) is 0 Å². The first-order valence-corrected chi connectivity index (χ1v) is 4.66. The fourth-order valence-corrected chi connectivity index (χ4v) is 0.732. The molecule has 0 aromatic carbocycles. The first-order valence-electron chi connectivity index (χ1n) is 3.27. The zero-order chi connectivity index (χ0) is 7.82. The van der Waals surface area contributed by atoms with Crippen molar-refractivity contribution in [1.29, 1.82) is 0 Å². The quantitative estimate of drug-likeness (QED) is 0.556. The van der Waals surface area contributed by atoms with E-state index in [2.05, 4.69) is 14.1 Å². The molecule has 4 heteroatoms. The molecule has 0 saturated heterocycles. The van der Waals surface area contributed by atoms with Gasteiger partial charge in [-0.15, -0.1) is 0 Å². The number of unbranched alkanes of at least 4 members (excludes halogenated alkanes) is 2. The normalized spacial score (nSPS) is 9.10. The molecule has 0 radical (unpaired) electrons. The van der Waals surface area contributed by atoms with Crippen molar-refractivity contribution in [3.8, 4) is 0 Å². The van der Waals surface area contributed by atoms with E-state index < -0.39 is 6.16 Å². The average molecular weight is 375 g/mol. The Kier molecular flexibility index (Phi) is 7.55. The third-order valence-corrected chi connectivity index (χ3v) is 1.60. The van der Waals surface area contributed by atoms with Crippen LogP contribution in [0.5, 0.6) is 0 Å². The molecule has 0 aliphatic carbocycles. The van der Waals surface area contributed by atoms with Gasteiger partial charge in [0.05, 0.1) is 0 Å². The monoisotopic (exact) mass is 369 g/mol. The van der Waals surface area contributed by atoms with E-state index in [0.717, 1.165) is 19.3 Å². The van der Waals surface area contributed by atoms with Crippen molar-refractivity contribution in [3.05, 3.63) is 0 Å². The van der Waals surface area contributed by atoms with E-state index in [0.29, 0.717) is 34.6 Å². The molecular weight excluding hydrogens is 364 g/mol. The van der Waals surface area contributed by atoms with Crippen LogP contribution in [0.4, 0.5) is 4.79 Å². The molecule has 0 aliphatic heterocycles. The number of carbonyl (C=O) groups excluding carboxylic acids is 1. The van der Waals surface area contributed by atoms with Gasteiger partial charge < -0.3 is 0 Å². The van der Waals surface area contributed by atoms with E-state index in [9.17, 15) is 4.79 Å². The Bertz CT molecular complexity index is 95.0. The van der Waals surface area contributed by atoms with Crippen LogP contribution in [0.3, 0.4) is 0 Å². The van der Waals surface area contributed by atoms with Crippen molar-refractivity contribution in [2.75, 3.05) is 6.61 Å². The fraction of sp³-hybridized carbons (Fsp3) is 0.833. The van der Waals surface area contributed by atoms with E-state index in [1.54, 1.807) is 0 Å². The van der Waals surface area contributed by atoms with Crippen molar-refractivity contribution < 1.29 is 40.0 Å². The number of carbonyl (C=O) groups is 1. The predicted molar refractivity (Wildman–Crippen MR) is 32.0 cm³/mol. The molecule has 0 N–H and O–H groups in total. The van der Waals surface area contributed by atoms with Gasteiger partial charge in [-0.25, -0.2) is 0 Å². The number of hydrogen-bond donors (Lipinski definition) is 0. The van der Waals surface area contributed by atoms with Crippen molar-refractivity contribution in [2.24, 2.45) is 0 Å². The minimum absolute atomic E-state index is 0.490. The van der Waals surface area contributed by atoms with Gasteiger partial charge >= 0.3 is 79.0 Å². The van der Waals surface area contributed by atoms with Gasteiger partial charge in [0.1, 0.15) is 0 Å². The number of ether oxygens (including phenoxy) is 1. The molecule has 0 atom stereocenters. The molecule has 59 valence electrons. The summed E-state index contributed by atoms with van der Waals surface area (Å²) in [5.74, 6) is 0. The van der Waals surface area contributed by atoms with Crippen molar-refractivity contribution in [3.63, 3.8) is 0 Å². The van der Waals surface area contributed by atoms with Gasteiger partial charge in [0, 0.05) is 0 Å². The van der Waals surface area contributed by atoms with Crippen LogP contribution in [0.1, 0.15) is 26.2 Å². The molecule has 0 saturated carbocycles. The molecule has 0 heterocycles. The first-order chi connectivity index (χ1) is 4.81. The third kappa shape index (κ3) is 6.38. The predicted octanol–water partition coefficient (Wildman–Crippen LogP) is 1.79. The van der Waals surface area contributed by atoms with Crippen molar-refractivity contribution in [2.45, 2.75) is 26.2 Å². The van der Waals surface area contributed by atoms with Crippen LogP contribution in [0.15, 0.2) is 0 Å². The van der Waals surface area contributed by atoms with Gasteiger partial charge in [-0.1, -0.05) is 0 Å². The second-order valence-corrected chi connectivity index (χ2v) is 2.58. The van der Waals surface area contributed by atoms with Crippen LogP contribution in [-0.2, 0) is 7.21 Å². The molecule has 0 aliphatic rings. The molecule has 3 nitrogen and oxygen atoms in total. The molecule has 10 heavy (non-hydrogen) atoms. The summed E-state index contributed by atoms with van der Waals surface area (Å²) in [6.45, 7) is 2.59. The zero-order valence-corrected chi connectivity index (χ0v) is 9.36. The number of hydrogen-bond acceptors (Lipinski definition) is 3. The van der Waals surface area contributed by atoms with Gasteiger partial charge in [-0.2, -0.15) is 0 Å². The summed E-state index contributed by atoms with van der Waals surface area (Å²) >= 11 is 0.490. The van der Waals surface area contributed by atoms with Crippen molar-refractivity contribution >= 4 is 6.16 Å². The van der Waals surface area contributed by atoms with E-state index in [1.165, 1.54) is 0 Å². The molecule has 0 fully saturated rings. The summed E-state index contributed by atoms with van der Waals surface area (Å²) in [5, 5.41) is 0. The minimum atomic E-state index is -0.530. The Morgan fingerprint density at radius 1 is 1.50 bits per heavy atom. The van der Waals surface area contributed by atoms with E-state index in [1.807, 2.05) is 0 Å². The number of rotatable bonds is 4. The maximum absolute atomic E-state index is 10.4. The molecular formula is C6H11O3Pu. The van der Waals surface area contributed by atoms with Crippen LogP contribution in [0.2, 0.25) is 0 Å². The van der Waals surface area contributed by atoms with Crippen molar-refractivity contribution in [1.82, 2.24) is 0 Å². The Labute approximate surface area is 78.9 Å². The van der Waals surface area contributed by atoms with Gasteiger partial charge in [0.15, 0.2) is 0 Å². The van der Waals surface area contributed by atoms with Gasteiger partial charge in [0.25, 0.3) is 0 Å². The molecule has 0 aromatic rings. The topological polar surface area (TPSA) is 35.5 Å². The van der Waals surface area contributed by atoms with E-state index in [4.69, 9.17) is 0 Å². The molecule has 0 unspecified atom stereocenters. The standard InChI is InChI=1S/C6H12O3.Pu/c1-2-3-4-5-9-6(7)8;/h2-5H2,1H3,(H,7,8);/q;+1/p-1. The summed E-state index contributed by atoms with van der Waals surface area (Å²) < 4.78 is 9.06. The fourth-order valence-electron chi connectivity index (χ4n) is 0.532. The summed E-state index contributed by atoms with van der Waals surface area (Å²) in [4.78, 5) is 10.4. The van der Waals surface area contributed by atoms with Gasteiger partial charge in [-0.05, 0) is 0 Å². The maximum atomic E-state index is 10.4. The average Bonchev–Trinajstić information content (AvgIpc) is 1.98. The second-order valence-electron chi connectivity index (χ2n) is 1.89. The Morgan fingerprint density at radius 3 is 2.70 bits per heavy atom. The summed E-state index contributed by atoms with van der Waals surface area (Å²) in [6.07, 6.45) is 2.65. The Balaban J connectivity index is 2.96. The van der Waals surface area contributed by atoms with Gasteiger partial charge in [0.2, 0.25) is 0 Å². The molecule has 0 bridgehead atoms. The zero-order valence-electron chi connectivity index (χ0n) is 5.96. The summed E-state index contributed by atoms with van der Waals surface area (Å²) in [5.41, 5.74) is 0. The summed E-state index contributed by atoms with van der Waals surface area (Å²) in [6, 6.07) is 0.